The van der Waals surface area contributed by atoms with Crippen LogP contribution in [0.4, 0.5) is 11.4 Å². The van der Waals surface area contributed by atoms with Crippen LogP contribution in [0.1, 0.15) is 11.1 Å². The number of nitro benzene ring substituents is 1. The topological polar surface area (TPSA) is 64.4 Å². The zero-order valence-corrected chi connectivity index (χ0v) is 13.3. The van der Waals surface area contributed by atoms with Crippen molar-refractivity contribution in [1.82, 2.24) is 0 Å². The molecule has 0 heterocycles. The maximum atomic E-state index is 11.0. The van der Waals surface area contributed by atoms with Crippen molar-refractivity contribution in [3.63, 3.8) is 0 Å². The molecule has 0 fully saturated rings. The van der Waals surface area contributed by atoms with Crippen LogP contribution < -0.4 is 10.1 Å². The zero-order chi connectivity index (χ0) is 15.4. The van der Waals surface area contributed by atoms with E-state index in [0.717, 1.165) is 15.8 Å². The fraction of sp³-hybridized carbons (Fsp3) is 0.200. The number of ether oxygens (including phenoxy) is 1. The Kier molecular flexibility index (Phi) is 4.80. The van der Waals surface area contributed by atoms with Crippen LogP contribution in [0.5, 0.6) is 5.75 Å². The third-order valence-electron chi connectivity index (χ3n) is 3.14. The SMILES string of the molecule is COc1ccccc1CNc1cc([N+](=O)[O-])c(C)cc1Br. The van der Waals surface area contributed by atoms with Crippen LogP contribution in [0, 0.1) is 17.0 Å². The summed E-state index contributed by atoms with van der Waals surface area (Å²) in [7, 11) is 1.62. The van der Waals surface area contributed by atoms with Gasteiger partial charge in [-0.05, 0) is 35.0 Å². The minimum absolute atomic E-state index is 0.0979. The Morgan fingerprint density at radius 2 is 2.05 bits per heavy atom. The van der Waals surface area contributed by atoms with Gasteiger partial charge in [0.25, 0.3) is 5.69 Å². The number of halogens is 1. The summed E-state index contributed by atoms with van der Waals surface area (Å²) < 4.78 is 6.08. The van der Waals surface area contributed by atoms with Crippen molar-refractivity contribution in [1.29, 1.82) is 0 Å². The van der Waals surface area contributed by atoms with Gasteiger partial charge in [0, 0.05) is 28.2 Å². The first-order valence-corrected chi connectivity index (χ1v) is 7.12. The molecule has 0 aliphatic carbocycles. The predicted molar refractivity (Wildman–Crippen MR) is 85.9 cm³/mol. The van der Waals surface area contributed by atoms with E-state index in [1.165, 1.54) is 6.07 Å². The summed E-state index contributed by atoms with van der Waals surface area (Å²) in [6.45, 7) is 2.23. The molecule has 0 saturated heterocycles. The molecule has 1 N–H and O–H groups in total. The summed E-state index contributed by atoms with van der Waals surface area (Å²) >= 11 is 3.42. The van der Waals surface area contributed by atoms with Gasteiger partial charge in [-0.3, -0.25) is 10.1 Å². The summed E-state index contributed by atoms with van der Waals surface area (Å²) in [5.41, 5.74) is 2.38. The van der Waals surface area contributed by atoms with E-state index in [1.807, 2.05) is 24.3 Å². The van der Waals surface area contributed by atoms with Crippen molar-refractivity contribution >= 4 is 27.3 Å². The number of nitro groups is 1. The van der Waals surface area contributed by atoms with Crippen LogP contribution in [0.25, 0.3) is 0 Å². The lowest BCUT2D eigenvalue weighted by atomic mass is 10.1. The molecule has 110 valence electrons. The maximum absolute atomic E-state index is 11.0. The number of hydrogen-bond acceptors (Lipinski definition) is 4. The first-order valence-electron chi connectivity index (χ1n) is 6.33. The minimum Gasteiger partial charge on any atom is -0.496 e. The molecule has 0 saturated carbocycles. The first-order chi connectivity index (χ1) is 10.0. The molecule has 5 nitrogen and oxygen atoms in total. The Hall–Kier alpha value is -2.08. The molecule has 0 unspecified atom stereocenters. The third kappa shape index (κ3) is 3.52. The Bertz CT molecular complexity index is 674. The number of benzene rings is 2. The van der Waals surface area contributed by atoms with Gasteiger partial charge in [0.05, 0.1) is 17.7 Å². The van der Waals surface area contributed by atoms with E-state index in [0.29, 0.717) is 17.8 Å². The highest BCUT2D eigenvalue weighted by Gasteiger charge is 2.14. The standard InChI is InChI=1S/C15H15BrN2O3/c1-10-7-12(16)13(8-14(10)18(19)20)17-9-11-5-3-4-6-15(11)21-2/h3-8,17H,9H2,1-2H3. The Balaban J connectivity index is 2.24. The van der Waals surface area contributed by atoms with E-state index in [-0.39, 0.29) is 10.6 Å². The largest absolute Gasteiger partial charge is 0.496 e. The monoisotopic (exact) mass is 350 g/mol. The van der Waals surface area contributed by atoms with Gasteiger partial charge >= 0.3 is 0 Å². The van der Waals surface area contributed by atoms with Gasteiger partial charge in [-0.15, -0.1) is 0 Å². The second-order valence-electron chi connectivity index (χ2n) is 4.54. The third-order valence-corrected chi connectivity index (χ3v) is 3.80. The summed E-state index contributed by atoms with van der Waals surface area (Å²) in [5.74, 6) is 0.780. The van der Waals surface area contributed by atoms with Crippen LogP contribution in [-0.2, 0) is 6.54 Å². The van der Waals surface area contributed by atoms with Gasteiger partial charge in [-0.25, -0.2) is 0 Å². The lowest BCUT2D eigenvalue weighted by Crippen LogP contribution is -2.03. The highest BCUT2D eigenvalue weighted by atomic mass is 79.9. The number of rotatable bonds is 5. The number of anilines is 1. The van der Waals surface area contributed by atoms with Crippen LogP contribution in [0.3, 0.4) is 0 Å². The highest BCUT2D eigenvalue weighted by Crippen LogP contribution is 2.31. The number of aryl methyl sites for hydroxylation is 1. The molecule has 0 aliphatic heterocycles. The van der Waals surface area contributed by atoms with Crippen LogP contribution in [0.2, 0.25) is 0 Å². The van der Waals surface area contributed by atoms with E-state index in [1.54, 1.807) is 20.1 Å². The van der Waals surface area contributed by atoms with Crippen molar-refractivity contribution < 1.29 is 9.66 Å². The normalized spacial score (nSPS) is 10.2. The minimum atomic E-state index is -0.379. The van der Waals surface area contributed by atoms with Crippen molar-refractivity contribution in [2.24, 2.45) is 0 Å². The lowest BCUT2D eigenvalue weighted by molar-refractivity contribution is -0.385. The molecular weight excluding hydrogens is 336 g/mol. The second-order valence-corrected chi connectivity index (χ2v) is 5.40. The van der Waals surface area contributed by atoms with E-state index in [2.05, 4.69) is 21.2 Å². The molecule has 2 rings (SSSR count). The number of nitrogens with one attached hydrogen (secondary N) is 1. The summed E-state index contributed by atoms with van der Waals surface area (Å²) in [5, 5.41) is 14.2. The number of methoxy groups -OCH3 is 1. The van der Waals surface area contributed by atoms with Gasteiger partial charge in [-0.2, -0.15) is 0 Å². The Morgan fingerprint density at radius 3 is 2.71 bits per heavy atom. The molecule has 0 amide bonds. The first kappa shape index (κ1) is 15.3. The van der Waals surface area contributed by atoms with Crippen molar-refractivity contribution in [2.45, 2.75) is 13.5 Å². The molecule has 0 spiro atoms. The van der Waals surface area contributed by atoms with Crippen LogP contribution in [-0.4, -0.2) is 12.0 Å². The zero-order valence-electron chi connectivity index (χ0n) is 11.7. The van der Waals surface area contributed by atoms with E-state index >= 15 is 0 Å². The quantitative estimate of drug-likeness (QED) is 0.645. The molecule has 0 atom stereocenters. The predicted octanol–water partition coefficient (Wildman–Crippen LogP) is 4.29. The lowest BCUT2D eigenvalue weighted by Gasteiger charge is -2.12. The highest BCUT2D eigenvalue weighted by molar-refractivity contribution is 9.10. The van der Waals surface area contributed by atoms with E-state index in [9.17, 15) is 10.1 Å². The molecule has 6 heteroatoms. The molecule has 0 aromatic heterocycles. The number of hydrogen-bond donors (Lipinski definition) is 1. The van der Waals surface area contributed by atoms with Gasteiger partial charge in [0.15, 0.2) is 0 Å². The van der Waals surface area contributed by atoms with Crippen molar-refractivity contribution in [3.8, 4) is 5.75 Å². The van der Waals surface area contributed by atoms with Gasteiger partial charge in [-0.1, -0.05) is 18.2 Å². The average Bonchev–Trinajstić information content (AvgIpc) is 2.46. The molecular formula is C15H15BrN2O3. The molecule has 0 bridgehead atoms. The Morgan fingerprint density at radius 1 is 1.33 bits per heavy atom. The van der Waals surface area contributed by atoms with Gasteiger partial charge < -0.3 is 10.1 Å². The van der Waals surface area contributed by atoms with Crippen molar-refractivity contribution in [3.05, 3.63) is 62.1 Å². The van der Waals surface area contributed by atoms with Crippen molar-refractivity contribution in [2.75, 3.05) is 12.4 Å². The maximum Gasteiger partial charge on any atom is 0.274 e. The number of nitrogens with zero attached hydrogens (tertiary/aromatic N) is 1. The van der Waals surface area contributed by atoms with E-state index < -0.39 is 0 Å². The van der Waals surface area contributed by atoms with Crippen LogP contribution >= 0.6 is 15.9 Å². The smallest absolute Gasteiger partial charge is 0.274 e. The fourth-order valence-corrected chi connectivity index (χ4v) is 2.63. The molecule has 21 heavy (non-hydrogen) atoms. The summed E-state index contributed by atoms with van der Waals surface area (Å²) in [4.78, 5) is 10.6. The molecule has 2 aromatic carbocycles. The summed E-state index contributed by atoms with van der Waals surface area (Å²) in [6, 6.07) is 10.9. The van der Waals surface area contributed by atoms with Gasteiger partial charge in [0.2, 0.25) is 0 Å². The summed E-state index contributed by atoms with van der Waals surface area (Å²) in [6.07, 6.45) is 0. The van der Waals surface area contributed by atoms with E-state index in [4.69, 9.17) is 4.74 Å². The molecule has 0 aliphatic rings. The molecule has 0 radical (unpaired) electrons. The average molecular weight is 351 g/mol. The fourth-order valence-electron chi connectivity index (χ4n) is 2.03. The van der Waals surface area contributed by atoms with Gasteiger partial charge in [0.1, 0.15) is 5.75 Å². The Labute approximate surface area is 131 Å². The molecule has 2 aromatic rings. The number of para-hydroxylation sites is 1. The second kappa shape index (κ2) is 6.58. The van der Waals surface area contributed by atoms with Crippen LogP contribution in [0.15, 0.2) is 40.9 Å².